The molecule has 0 spiro atoms. The summed E-state index contributed by atoms with van der Waals surface area (Å²) in [4.78, 5) is 10.1. The number of hydrogen-bond donors (Lipinski definition) is 0. The van der Waals surface area contributed by atoms with Crippen LogP contribution in [0.4, 0.5) is 0 Å². The molecule has 1 rings (SSSR count). The normalized spacial score (nSPS) is 25.1. The second-order valence-electron chi connectivity index (χ2n) is 1.82. The second kappa shape index (κ2) is 4.27. The van der Waals surface area contributed by atoms with Crippen molar-refractivity contribution in [3.63, 3.8) is 0 Å². The Morgan fingerprint density at radius 1 is 1.67 bits per heavy atom. The molecule has 0 N–H and O–H groups in total. The molecule has 1 fully saturated rings. The summed E-state index contributed by atoms with van der Waals surface area (Å²) in [5.74, 6) is 0.0889. The number of rotatable bonds is 1. The summed E-state index contributed by atoms with van der Waals surface area (Å²) in [5.41, 5.74) is 0. The Hall–Kier alpha value is 0.417. The van der Waals surface area contributed by atoms with Crippen LogP contribution in [0.15, 0.2) is 0 Å². The molecule has 0 aliphatic carbocycles. The molecule has 1 aliphatic heterocycles. The van der Waals surface area contributed by atoms with Gasteiger partial charge in [-0.15, -0.1) is 0 Å². The predicted molar refractivity (Wildman–Crippen MR) is 30.5 cm³/mol. The number of aliphatic carboxylic acids is 1. The summed E-state index contributed by atoms with van der Waals surface area (Å²) in [5, 5.41) is 9.86. The zero-order chi connectivity index (χ0) is 5.98. The van der Waals surface area contributed by atoms with Crippen molar-refractivity contribution in [3.8, 4) is 0 Å². The van der Waals surface area contributed by atoms with E-state index in [0.29, 0.717) is 0 Å². The molecule has 2 nitrogen and oxygen atoms in total. The minimum absolute atomic E-state index is 0. The van der Waals surface area contributed by atoms with Crippen molar-refractivity contribution in [2.75, 3.05) is 5.75 Å². The Morgan fingerprint density at radius 2 is 2.33 bits per heavy atom. The van der Waals surface area contributed by atoms with Crippen LogP contribution in [0.2, 0.25) is 0 Å². The zero-order valence-electron chi connectivity index (χ0n) is 5.42. The standard InChI is InChI=1S/C5H8O2S.Li/c6-5(7)4-2-1-3-8-4;/h4H,1-3H2,(H,6,7);/q;+1/p-1. The molecule has 0 saturated carbocycles. The Balaban J connectivity index is 0.000000640. The molecule has 1 saturated heterocycles. The third kappa shape index (κ3) is 2.66. The summed E-state index contributed by atoms with van der Waals surface area (Å²) < 4.78 is 0. The molecule has 0 radical (unpaired) electrons. The van der Waals surface area contributed by atoms with E-state index in [1.54, 1.807) is 0 Å². The van der Waals surface area contributed by atoms with Crippen molar-refractivity contribution in [3.05, 3.63) is 0 Å². The SMILES string of the molecule is O=C([O-])C1CCCS1.[Li+]. The molecule has 0 amide bonds. The first-order valence-corrected chi connectivity index (χ1v) is 3.68. The van der Waals surface area contributed by atoms with E-state index in [1.807, 2.05) is 0 Å². The molecule has 46 valence electrons. The van der Waals surface area contributed by atoms with E-state index < -0.39 is 5.97 Å². The van der Waals surface area contributed by atoms with Gasteiger partial charge in [0.05, 0.1) is 5.97 Å². The van der Waals surface area contributed by atoms with Crippen LogP contribution >= 0.6 is 11.8 Å². The number of carbonyl (C=O) groups is 1. The van der Waals surface area contributed by atoms with Gasteiger partial charge in [-0.3, -0.25) is 0 Å². The molecule has 1 aliphatic rings. The van der Waals surface area contributed by atoms with E-state index in [0.717, 1.165) is 18.6 Å². The minimum Gasteiger partial charge on any atom is -0.549 e. The molecule has 0 aromatic rings. The van der Waals surface area contributed by atoms with Crippen LogP contribution in [0.5, 0.6) is 0 Å². The van der Waals surface area contributed by atoms with Gasteiger partial charge in [-0.25, -0.2) is 0 Å². The van der Waals surface area contributed by atoms with Gasteiger partial charge in [0.2, 0.25) is 0 Å². The quantitative estimate of drug-likeness (QED) is 0.355. The van der Waals surface area contributed by atoms with E-state index in [-0.39, 0.29) is 24.1 Å². The van der Waals surface area contributed by atoms with Gasteiger partial charge < -0.3 is 9.90 Å². The molecule has 0 aromatic heterocycles. The van der Waals surface area contributed by atoms with Crippen LogP contribution in [-0.2, 0) is 4.79 Å². The smallest absolute Gasteiger partial charge is 0.549 e. The Morgan fingerprint density at radius 3 is 2.56 bits per heavy atom. The van der Waals surface area contributed by atoms with E-state index in [1.165, 1.54) is 11.8 Å². The number of hydrogen-bond acceptors (Lipinski definition) is 3. The largest absolute Gasteiger partial charge is 1.00 e. The van der Waals surface area contributed by atoms with Crippen molar-refractivity contribution in [1.82, 2.24) is 0 Å². The van der Waals surface area contributed by atoms with Crippen molar-refractivity contribution in [2.45, 2.75) is 18.1 Å². The molecular weight excluding hydrogens is 131 g/mol. The molecule has 1 unspecified atom stereocenters. The van der Waals surface area contributed by atoms with Crippen molar-refractivity contribution in [1.29, 1.82) is 0 Å². The van der Waals surface area contributed by atoms with Gasteiger partial charge in [-0.1, -0.05) is 0 Å². The molecule has 1 heterocycles. The number of carboxylic acid groups (broad SMARTS) is 1. The maximum atomic E-state index is 10.1. The summed E-state index contributed by atoms with van der Waals surface area (Å²) in [6, 6.07) is 0. The predicted octanol–water partition coefficient (Wildman–Crippen LogP) is -3.36. The van der Waals surface area contributed by atoms with Crippen molar-refractivity contribution < 1.29 is 28.8 Å². The van der Waals surface area contributed by atoms with Crippen LogP contribution in [0.25, 0.3) is 0 Å². The fourth-order valence-electron chi connectivity index (χ4n) is 0.764. The van der Waals surface area contributed by atoms with Crippen LogP contribution in [0.3, 0.4) is 0 Å². The second-order valence-corrected chi connectivity index (χ2v) is 3.13. The van der Waals surface area contributed by atoms with Gasteiger partial charge >= 0.3 is 18.9 Å². The summed E-state index contributed by atoms with van der Waals surface area (Å²) in [6.45, 7) is 0. The van der Waals surface area contributed by atoms with E-state index in [4.69, 9.17) is 0 Å². The fourth-order valence-corrected chi connectivity index (χ4v) is 1.85. The van der Waals surface area contributed by atoms with Gasteiger partial charge in [0.25, 0.3) is 0 Å². The van der Waals surface area contributed by atoms with E-state index >= 15 is 0 Å². The first-order valence-electron chi connectivity index (χ1n) is 2.63. The Bertz CT molecular complexity index is 101. The van der Waals surface area contributed by atoms with Gasteiger partial charge in [0.15, 0.2) is 0 Å². The van der Waals surface area contributed by atoms with Crippen molar-refractivity contribution >= 4 is 17.7 Å². The van der Waals surface area contributed by atoms with Gasteiger partial charge in [-0.2, -0.15) is 11.8 Å². The summed E-state index contributed by atoms with van der Waals surface area (Å²) >= 11 is 1.49. The molecule has 1 atom stereocenters. The number of carbonyl (C=O) groups excluding carboxylic acids is 1. The van der Waals surface area contributed by atoms with E-state index in [2.05, 4.69) is 0 Å². The third-order valence-corrected chi connectivity index (χ3v) is 2.55. The van der Waals surface area contributed by atoms with Crippen molar-refractivity contribution in [2.24, 2.45) is 0 Å². The third-order valence-electron chi connectivity index (χ3n) is 1.19. The van der Waals surface area contributed by atoms with Gasteiger partial charge in [0.1, 0.15) is 0 Å². The molecule has 4 heteroatoms. The first-order chi connectivity index (χ1) is 3.80. The summed E-state index contributed by atoms with van der Waals surface area (Å²) in [7, 11) is 0. The Labute approximate surface area is 70.6 Å². The minimum atomic E-state index is -0.896. The zero-order valence-corrected chi connectivity index (χ0v) is 6.24. The monoisotopic (exact) mass is 138 g/mol. The molecular formula is C5H7LiO2S. The maximum absolute atomic E-state index is 10.1. The summed E-state index contributed by atoms with van der Waals surface area (Å²) in [6.07, 6.45) is 1.83. The van der Waals surface area contributed by atoms with Crippen LogP contribution in [-0.4, -0.2) is 17.0 Å². The van der Waals surface area contributed by atoms with E-state index in [9.17, 15) is 9.90 Å². The first kappa shape index (κ1) is 9.42. The molecule has 9 heavy (non-hydrogen) atoms. The Kier molecular flexibility index (Phi) is 4.47. The van der Waals surface area contributed by atoms with Crippen LogP contribution in [0.1, 0.15) is 12.8 Å². The average Bonchev–Trinajstić information content (AvgIpc) is 2.12. The average molecular weight is 138 g/mol. The van der Waals surface area contributed by atoms with Crippen LogP contribution < -0.4 is 24.0 Å². The topological polar surface area (TPSA) is 40.1 Å². The molecule has 0 aromatic carbocycles. The van der Waals surface area contributed by atoms with Gasteiger partial charge in [0, 0.05) is 5.25 Å². The number of carboxylic acids is 1. The fraction of sp³-hybridized carbons (Fsp3) is 0.800. The van der Waals surface area contributed by atoms with Crippen LogP contribution in [0, 0.1) is 0 Å². The molecule has 0 bridgehead atoms. The maximum Gasteiger partial charge on any atom is 1.00 e. The number of thioether (sulfide) groups is 1. The van der Waals surface area contributed by atoms with Gasteiger partial charge in [-0.05, 0) is 18.6 Å².